The van der Waals surface area contributed by atoms with Crippen molar-refractivity contribution in [2.24, 2.45) is 0 Å². The smallest absolute Gasteiger partial charge is 0.321 e. The summed E-state index contributed by atoms with van der Waals surface area (Å²) in [6, 6.07) is 4.75. The summed E-state index contributed by atoms with van der Waals surface area (Å²) in [5.41, 5.74) is 0.523. The molecule has 0 saturated carbocycles. The quantitative estimate of drug-likeness (QED) is 0.817. The van der Waals surface area contributed by atoms with Gasteiger partial charge in [-0.25, -0.2) is 4.79 Å². The van der Waals surface area contributed by atoms with Gasteiger partial charge < -0.3 is 10.2 Å². The van der Waals surface area contributed by atoms with Crippen molar-refractivity contribution in [3.05, 3.63) is 28.2 Å². The van der Waals surface area contributed by atoms with E-state index in [1.54, 1.807) is 30.1 Å². The van der Waals surface area contributed by atoms with Gasteiger partial charge in [-0.3, -0.25) is 0 Å². The fraction of sp³-hybridized carbons (Fsp3) is 0.364. The second kappa shape index (κ2) is 7.09. The number of hydrogen-bond acceptors (Lipinski definition) is 1. The van der Waals surface area contributed by atoms with Crippen LogP contribution in [0.25, 0.3) is 0 Å². The molecule has 1 rings (SSSR count). The maximum absolute atomic E-state index is 11.8. The summed E-state index contributed by atoms with van der Waals surface area (Å²) in [6.45, 7) is 0.676. The minimum atomic E-state index is -0.199. The highest BCUT2D eigenvalue weighted by atomic mass is 79.9. The zero-order valence-electron chi connectivity index (χ0n) is 9.34. The van der Waals surface area contributed by atoms with E-state index in [4.69, 9.17) is 23.2 Å². The predicted molar refractivity (Wildman–Crippen MR) is 76.5 cm³/mol. The minimum Gasteiger partial charge on any atom is -0.328 e. The second-order valence-electron chi connectivity index (χ2n) is 3.52. The molecule has 1 N–H and O–H groups in total. The summed E-state index contributed by atoms with van der Waals surface area (Å²) in [4.78, 5) is 13.4. The Morgan fingerprint density at radius 3 is 2.82 bits per heavy atom. The van der Waals surface area contributed by atoms with Gasteiger partial charge >= 0.3 is 6.03 Å². The Labute approximate surface area is 119 Å². The van der Waals surface area contributed by atoms with E-state index in [0.29, 0.717) is 22.3 Å². The van der Waals surface area contributed by atoms with E-state index >= 15 is 0 Å². The molecule has 0 heterocycles. The van der Waals surface area contributed by atoms with E-state index in [2.05, 4.69) is 21.2 Å². The Bertz CT molecular complexity index is 401. The van der Waals surface area contributed by atoms with Crippen LogP contribution in [0.15, 0.2) is 18.2 Å². The van der Waals surface area contributed by atoms with E-state index in [0.717, 1.165) is 11.8 Å². The molecule has 1 aromatic rings. The van der Waals surface area contributed by atoms with Gasteiger partial charge in [0.25, 0.3) is 0 Å². The van der Waals surface area contributed by atoms with Crippen molar-refractivity contribution in [3.63, 3.8) is 0 Å². The third-order valence-corrected chi connectivity index (χ3v) is 3.27. The Morgan fingerprint density at radius 2 is 2.18 bits per heavy atom. The van der Waals surface area contributed by atoms with Crippen LogP contribution in [-0.2, 0) is 0 Å². The maximum Gasteiger partial charge on any atom is 0.321 e. The third-order valence-electron chi connectivity index (χ3n) is 2.14. The summed E-state index contributed by atoms with van der Waals surface area (Å²) in [5.74, 6) is 0. The van der Waals surface area contributed by atoms with Crippen LogP contribution in [0, 0.1) is 0 Å². The van der Waals surface area contributed by atoms with E-state index < -0.39 is 0 Å². The predicted octanol–water partition coefficient (Wildman–Crippen LogP) is 4.24. The van der Waals surface area contributed by atoms with Crippen LogP contribution < -0.4 is 5.32 Å². The summed E-state index contributed by atoms with van der Waals surface area (Å²) in [6.07, 6.45) is 0.896. The first kappa shape index (κ1) is 14.6. The van der Waals surface area contributed by atoms with E-state index in [1.165, 1.54) is 0 Å². The third kappa shape index (κ3) is 4.74. The van der Waals surface area contributed by atoms with Crippen LogP contribution in [-0.4, -0.2) is 29.9 Å². The van der Waals surface area contributed by atoms with E-state index in [9.17, 15) is 4.79 Å². The van der Waals surface area contributed by atoms with Gasteiger partial charge in [0.1, 0.15) is 0 Å². The van der Waals surface area contributed by atoms with Gasteiger partial charge in [-0.1, -0.05) is 39.1 Å². The SMILES string of the molecule is CN(CCCBr)C(=O)Nc1cc(Cl)ccc1Cl. The van der Waals surface area contributed by atoms with Crippen LogP contribution >= 0.6 is 39.1 Å². The van der Waals surface area contributed by atoms with Crippen LogP contribution in [0.5, 0.6) is 0 Å². The Hall–Kier alpha value is -0.450. The summed E-state index contributed by atoms with van der Waals surface area (Å²) in [5, 5.41) is 4.58. The minimum absolute atomic E-state index is 0.199. The van der Waals surface area contributed by atoms with Crippen molar-refractivity contribution >= 4 is 50.9 Å². The van der Waals surface area contributed by atoms with Crippen molar-refractivity contribution < 1.29 is 4.79 Å². The topological polar surface area (TPSA) is 32.3 Å². The van der Waals surface area contributed by atoms with Crippen molar-refractivity contribution in [1.29, 1.82) is 0 Å². The van der Waals surface area contributed by atoms with Gasteiger partial charge in [0, 0.05) is 23.9 Å². The van der Waals surface area contributed by atoms with E-state index in [-0.39, 0.29) is 6.03 Å². The molecule has 0 aliphatic heterocycles. The lowest BCUT2D eigenvalue weighted by Crippen LogP contribution is -2.32. The van der Waals surface area contributed by atoms with Gasteiger partial charge in [-0.15, -0.1) is 0 Å². The van der Waals surface area contributed by atoms with Crippen LogP contribution in [0.1, 0.15) is 6.42 Å². The monoisotopic (exact) mass is 338 g/mol. The lowest BCUT2D eigenvalue weighted by atomic mass is 10.3. The summed E-state index contributed by atoms with van der Waals surface area (Å²) < 4.78 is 0. The molecule has 17 heavy (non-hydrogen) atoms. The number of halogens is 3. The first-order valence-corrected chi connectivity index (χ1v) is 6.95. The molecule has 0 unspecified atom stereocenters. The number of amides is 2. The highest BCUT2D eigenvalue weighted by Gasteiger charge is 2.10. The molecule has 0 radical (unpaired) electrons. The van der Waals surface area contributed by atoms with Crippen molar-refractivity contribution in [3.8, 4) is 0 Å². The number of urea groups is 1. The Kier molecular flexibility index (Phi) is 6.09. The second-order valence-corrected chi connectivity index (χ2v) is 5.16. The van der Waals surface area contributed by atoms with Gasteiger partial charge in [0.2, 0.25) is 0 Å². The van der Waals surface area contributed by atoms with Crippen molar-refractivity contribution in [2.45, 2.75) is 6.42 Å². The van der Waals surface area contributed by atoms with E-state index in [1.807, 2.05) is 0 Å². The maximum atomic E-state index is 11.8. The fourth-order valence-corrected chi connectivity index (χ4v) is 1.79. The molecule has 0 bridgehead atoms. The molecule has 6 heteroatoms. The van der Waals surface area contributed by atoms with Crippen LogP contribution in [0.3, 0.4) is 0 Å². The summed E-state index contributed by atoms with van der Waals surface area (Å²) in [7, 11) is 1.73. The normalized spacial score (nSPS) is 10.1. The lowest BCUT2D eigenvalue weighted by molar-refractivity contribution is 0.222. The summed E-state index contributed by atoms with van der Waals surface area (Å²) >= 11 is 15.1. The Balaban J connectivity index is 2.64. The van der Waals surface area contributed by atoms with Crippen LogP contribution in [0.4, 0.5) is 10.5 Å². The molecule has 0 aromatic heterocycles. The first-order valence-electron chi connectivity index (χ1n) is 5.07. The molecule has 0 fully saturated rings. The molecule has 1 aromatic carbocycles. The number of nitrogens with zero attached hydrogens (tertiary/aromatic N) is 1. The molecule has 2 amide bonds. The zero-order valence-corrected chi connectivity index (χ0v) is 12.4. The largest absolute Gasteiger partial charge is 0.328 e. The first-order chi connectivity index (χ1) is 8.04. The van der Waals surface area contributed by atoms with Gasteiger partial charge in [0.15, 0.2) is 0 Å². The molecular formula is C11H13BrCl2N2O. The molecule has 0 aliphatic carbocycles. The Morgan fingerprint density at radius 1 is 1.47 bits per heavy atom. The molecule has 94 valence electrons. The molecule has 0 spiro atoms. The average Bonchev–Trinajstić information content (AvgIpc) is 2.30. The van der Waals surface area contributed by atoms with Gasteiger partial charge in [-0.05, 0) is 24.6 Å². The highest BCUT2D eigenvalue weighted by Crippen LogP contribution is 2.25. The lowest BCUT2D eigenvalue weighted by Gasteiger charge is -2.18. The van der Waals surface area contributed by atoms with Gasteiger partial charge in [-0.2, -0.15) is 0 Å². The molecule has 0 aliphatic rings. The molecule has 0 atom stereocenters. The number of anilines is 1. The number of alkyl halides is 1. The number of carbonyl (C=O) groups is 1. The number of benzene rings is 1. The van der Waals surface area contributed by atoms with Crippen LogP contribution in [0.2, 0.25) is 10.0 Å². The number of hydrogen-bond donors (Lipinski definition) is 1. The van der Waals surface area contributed by atoms with Crippen molar-refractivity contribution in [2.75, 3.05) is 24.2 Å². The molecule has 0 saturated heterocycles. The number of nitrogens with one attached hydrogen (secondary N) is 1. The average molecular weight is 340 g/mol. The highest BCUT2D eigenvalue weighted by molar-refractivity contribution is 9.09. The fourth-order valence-electron chi connectivity index (χ4n) is 1.20. The van der Waals surface area contributed by atoms with Crippen molar-refractivity contribution in [1.82, 2.24) is 4.90 Å². The van der Waals surface area contributed by atoms with Gasteiger partial charge in [0.05, 0.1) is 10.7 Å². The standard InChI is InChI=1S/C11H13BrCl2N2O/c1-16(6-2-5-12)11(17)15-10-7-8(13)3-4-9(10)14/h3-4,7H,2,5-6H2,1H3,(H,15,17). The molecular weight excluding hydrogens is 327 g/mol. The molecule has 3 nitrogen and oxygen atoms in total. The number of rotatable bonds is 4. The zero-order chi connectivity index (χ0) is 12.8. The number of carbonyl (C=O) groups excluding carboxylic acids is 1.